The Bertz CT molecular complexity index is 332. The Morgan fingerprint density at radius 3 is 1.85 bits per heavy atom. The van der Waals surface area contributed by atoms with Gasteiger partial charge in [-0.05, 0) is 12.8 Å². The van der Waals surface area contributed by atoms with E-state index < -0.39 is 0 Å². The van der Waals surface area contributed by atoms with Gasteiger partial charge in [0.2, 0.25) is 5.91 Å². The second-order valence-electron chi connectivity index (χ2n) is 5.86. The molecule has 2 aliphatic rings. The van der Waals surface area contributed by atoms with Crippen LogP contribution in [0, 0.1) is 0 Å². The summed E-state index contributed by atoms with van der Waals surface area (Å²) >= 11 is 5.84. The highest BCUT2D eigenvalue weighted by Crippen LogP contribution is 2.11. The third kappa shape index (κ3) is 5.08. The van der Waals surface area contributed by atoms with Crippen LogP contribution in [0.15, 0.2) is 11.6 Å². The van der Waals surface area contributed by atoms with E-state index in [1.807, 2.05) is 0 Å². The number of hydrogen-bond donors (Lipinski definition) is 0. The number of halogens is 1. The zero-order valence-electron chi connectivity index (χ0n) is 12.3. The summed E-state index contributed by atoms with van der Waals surface area (Å²) in [5, 5.41) is 0.694. The molecule has 5 heteroatoms. The fourth-order valence-corrected chi connectivity index (χ4v) is 3.13. The molecule has 2 heterocycles. The van der Waals surface area contributed by atoms with Gasteiger partial charge in [-0.25, -0.2) is 0 Å². The highest BCUT2D eigenvalue weighted by atomic mass is 35.5. The lowest BCUT2D eigenvalue weighted by molar-refractivity contribution is -0.132. The SMILES string of the molecule is C=C(Cl)CN1CCN(CC(=O)N2CCCCCC2)CC1. The topological polar surface area (TPSA) is 26.8 Å². The van der Waals surface area contributed by atoms with Gasteiger partial charge < -0.3 is 4.90 Å². The molecule has 20 heavy (non-hydrogen) atoms. The number of nitrogens with zero attached hydrogens (tertiary/aromatic N) is 3. The molecule has 0 spiro atoms. The van der Waals surface area contributed by atoms with Crippen LogP contribution < -0.4 is 0 Å². The molecule has 0 bridgehead atoms. The van der Waals surface area contributed by atoms with Crippen molar-refractivity contribution < 1.29 is 4.79 Å². The van der Waals surface area contributed by atoms with Gasteiger partial charge in [0.15, 0.2) is 0 Å². The molecule has 1 amide bonds. The Kier molecular flexibility index (Phi) is 6.33. The summed E-state index contributed by atoms with van der Waals surface area (Å²) < 4.78 is 0. The average Bonchev–Trinajstić information content (AvgIpc) is 2.69. The van der Waals surface area contributed by atoms with Crippen LogP contribution in [0.25, 0.3) is 0 Å². The maximum atomic E-state index is 12.3. The number of likely N-dealkylation sites (tertiary alicyclic amines) is 1. The molecule has 2 rings (SSSR count). The Hall–Kier alpha value is -0.580. The summed E-state index contributed by atoms with van der Waals surface area (Å²) in [5.74, 6) is 0.308. The molecule has 0 saturated carbocycles. The number of hydrogen-bond acceptors (Lipinski definition) is 3. The van der Waals surface area contributed by atoms with Crippen LogP contribution >= 0.6 is 11.6 Å². The molecule has 0 aliphatic carbocycles. The highest BCUT2D eigenvalue weighted by molar-refractivity contribution is 6.29. The van der Waals surface area contributed by atoms with Crippen molar-refractivity contribution in [1.82, 2.24) is 14.7 Å². The molecule has 0 unspecified atom stereocenters. The van der Waals surface area contributed by atoms with E-state index in [2.05, 4.69) is 21.3 Å². The van der Waals surface area contributed by atoms with Crippen molar-refractivity contribution in [3.05, 3.63) is 11.6 Å². The number of carbonyl (C=O) groups is 1. The minimum atomic E-state index is 0.308. The summed E-state index contributed by atoms with van der Waals surface area (Å²) in [6.07, 6.45) is 4.87. The van der Waals surface area contributed by atoms with E-state index in [1.54, 1.807) is 0 Å². The molecule has 0 atom stereocenters. The van der Waals surface area contributed by atoms with Gasteiger partial charge in [0.25, 0.3) is 0 Å². The molecule has 2 saturated heterocycles. The fourth-order valence-electron chi connectivity index (χ4n) is 2.96. The fraction of sp³-hybridized carbons (Fsp3) is 0.800. The Morgan fingerprint density at radius 2 is 1.35 bits per heavy atom. The van der Waals surface area contributed by atoms with Crippen LogP contribution in [-0.2, 0) is 4.79 Å². The lowest BCUT2D eigenvalue weighted by Gasteiger charge is -2.35. The van der Waals surface area contributed by atoms with E-state index in [-0.39, 0.29) is 0 Å². The molecule has 2 fully saturated rings. The first kappa shape index (κ1) is 15.8. The molecular formula is C15H26ClN3O. The first-order chi connectivity index (χ1) is 9.65. The van der Waals surface area contributed by atoms with E-state index in [1.165, 1.54) is 12.8 Å². The summed E-state index contributed by atoms with van der Waals surface area (Å²) in [7, 11) is 0. The van der Waals surface area contributed by atoms with Crippen molar-refractivity contribution in [1.29, 1.82) is 0 Å². The predicted molar refractivity (Wildman–Crippen MR) is 82.9 cm³/mol. The first-order valence-electron chi connectivity index (χ1n) is 7.71. The van der Waals surface area contributed by atoms with Crippen molar-refractivity contribution in [2.45, 2.75) is 25.7 Å². The van der Waals surface area contributed by atoms with Crippen LogP contribution in [0.2, 0.25) is 0 Å². The summed E-state index contributed by atoms with van der Waals surface area (Å²) in [4.78, 5) is 18.9. The van der Waals surface area contributed by atoms with Crippen molar-refractivity contribution in [2.24, 2.45) is 0 Å². The lowest BCUT2D eigenvalue weighted by atomic mass is 10.2. The Balaban J connectivity index is 1.71. The molecule has 0 radical (unpaired) electrons. The van der Waals surface area contributed by atoms with Crippen molar-refractivity contribution in [3.63, 3.8) is 0 Å². The largest absolute Gasteiger partial charge is 0.342 e. The third-order valence-corrected chi connectivity index (χ3v) is 4.30. The second-order valence-corrected chi connectivity index (χ2v) is 6.40. The maximum absolute atomic E-state index is 12.3. The monoisotopic (exact) mass is 299 g/mol. The van der Waals surface area contributed by atoms with Crippen molar-refractivity contribution in [3.8, 4) is 0 Å². The lowest BCUT2D eigenvalue weighted by Crippen LogP contribution is -2.50. The second kappa shape index (κ2) is 8.01. The Labute approximate surface area is 127 Å². The predicted octanol–water partition coefficient (Wildman–Crippen LogP) is 1.76. The van der Waals surface area contributed by atoms with Gasteiger partial charge in [0.1, 0.15) is 0 Å². The highest BCUT2D eigenvalue weighted by Gasteiger charge is 2.22. The molecule has 4 nitrogen and oxygen atoms in total. The minimum absolute atomic E-state index is 0.308. The molecule has 114 valence electrons. The zero-order chi connectivity index (χ0) is 14.4. The average molecular weight is 300 g/mol. The van der Waals surface area contributed by atoms with Crippen LogP contribution in [0.3, 0.4) is 0 Å². The van der Waals surface area contributed by atoms with E-state index in [9.17, 15) is 4.79 Å². The van der Waals surface area contributed by atoms with Crippen LogP contribution in [0.1, 0.15) is 25.7 Å². The van der Waals surface area contributed by atoms with Gasteiger partial charge in [-0.3, -0.25) is 14.6 Å². The normalized spacial score (nSPS) is 22.6. The smallest absolute Gasteiger partial charge is 0.236 e. The van der Waals surface area contributed by atoms with Crippen molar-refractivity contribution in [2.75, 3.05) is 52.4 Å². The van der Waals surface area contributed by atoms with E-state index in [0.717, 1.165) is 58.7 Å². The van der Waals surface area contributed by atoms with Gasteiger partial charge in [0, 0.05) is 50.8 Å². The number of piperazine rings is 1. The molecule has 0 N–H and O–H groups in total. The van der Waals surface area contributed by atoms with Gasteiger partial charge in [-0.2, -0.15) is 0 Å². The van der Waals surface area contributed by atoms with Crippen LogP contribution in [0.5, 0.6) is 0 Å². The standard InChI is InChI=1S/C15H26ClN3O/c1-14(16)12-17-8-10-18(11-9-17)13-15(20)19-6-4-2-3-5-7-19/h1-13H2. The molecule has 0 aromatic heterocycles. The third-order valence-electron chi connectivity index (χ3n) is 4.18. The summed E-state index contributed by atoms with van der Waals surface area (Å²) in [6.45, 7) is 10.8. The molecular weight excluding hydrogens is 274 g/mol. The quantitative estimate of drug-likeness (QED) is 0.791. The van der Waals surface area contributed by atoms with Gasteiger partial charge in [-0.1, -0.05) is 31.0 Å². The van der Waals surface area contributed by atoms with E-state index in [0.29, 0.717) is 17.5 Å². The van der Waals surface area contributed by atoms with Crippen LogP contribution in [-0.4, -0.2) is 73.0 Å². The summed E-state index contributed by atoms with van der Waals surface area (Å²) in [5.41, 5.74) is 0. The number of rotatable bonds is 4. The van der Waals surface area contributed by atoms with E-state index in [4.69, 9.17) is 11.6 Å². The van der Waals surface area contributed by atoms with Gasteiger partial charge in [-0.15, -0.1) is 0 Å². The molecule has 0 aromatic rings. The minimum Gasteiger partial charge on any atom is -0.342 e. The maximum Gasteiger partial charge on any atom is 0.236 e. The first-order valence-corrected chi connectivity index (χ1v) is 8.09. The molecule has 0 aromatic carbocycles. The number of amides is 1. The van der Waals surface area contributed by atoms with Crippen molar-refractivity contribution >= 4 is 17.5 Å². The van der Waals surface area contributed by atoms with Crippen LogP contribution in [0.4, 0.5) is 0 Å². The van der Waals surface area contributed by atoms with Gasteiger partial charge in [0.05, 0.1) is 6.54 Å². The summed E-state index contributed by atoms with van der Waals surface area (Å²) in [6, 6.07) is 0. The van der Waals surface area contributed by atoms with E-state index >= 15 is 0 Å². The molecule has 2 aliphatic heterocycles. The Morgan fingerprint density at radius 1 is 0.850 bits per heavy atom. The number of carbonyl (C=O) groups excluding carboxylic acids is 1. The zero-order valence-corrected chi connectivity index (χ0v) is 13.1. The van der Waals surface area contributed by atoms with Gasteiger partial charge >= 0.3 is 0 Å².